The highest BCUT2D eigenvalue weighted by molar-refractivity contribution is 7.07. The number of aromatic nitrogens is 2. The third-order valence-corrected chi connectivity index (χ3v) is 4.12. The molecule has 0 aliphatic rings. The first-order valence-corrected chi connectivity index (χ1v) is 7.71. The fraction of sp³-hybridized carbons (Fsp3) is 0.188. The fourth-order valence-corrected chi connectivity index (χ4v) is 3.10. The van der Waals surface area contributed by atoms with E-state index < -0.39 is 5.97 Å². The molecule has 6 nitrogen and oxygen atoms in total. The number of hydrogen-bond acceptors (Lipinski definition) is 5. The molecule has 2 heterocycles. The van der Waals surface area contributed by atoms with Crippen LogP contribution in [0.15, 0.2) is 35.8 Å². The molecule has 0 saturated carbocycles. The second-order valence-corrected chi connectivity index (χ2v) is 5.50. The molecule has 0 aliphatic carbocycles. The molecule has 2 rings (SSSR count). The summed E-state index contributed by atoms with van der Waals surface area (Å²) in [5.41, 5.74) is 0.346. The summed E-state index contributed by atoms with van der Waals surface area (Å²) in [6, 6.07) is 5.48. The third-order valence-electron chi connectivity index (χ3n) is 2.99. The number of carbonyl (C=O) groups excluding carboxylic acids is 1. The number of rotatable bonds is 5. The molecular formula is C16H15N3O3S. The number of aromatic amines is 1. The van der Waals surface area contributed by atoms with Crippen LogP contribution < -0.4 is 14.8 Å². The van der Waals surface area contributed by atoms with Gasteiger partial charge in [-0.05, 0) is 25.1 Å². The largest absolute Gasteiger partial charge is 0.457 e. The van der Waals surface area contributed by atoms with E-state index in [4.69, 9.17) is 4.74 Å². The molecule has 1 N–H and O–H groups in total. The first kappa shape index (κ1) is 16.5. The molecule has 0 amide bonds. The van der Waals surface area contributed by atoms with Crippen molar-refractivity contribution in [2.24, 2.45) is 0 Å². The first-order chi connectivity index (χ1) is 11.1. The van der Waals surface area contributed by atoms with Crippen molar-refractivity contribution in [3.63, 3.8) is 0 Å². The molecule has 0 atom stereocenters. The van der Waals surface area contributed by atoms with Crippen LogP contribution in [-0.4, -0.2) is 22.1 Å². The Kier molecular flexibility index (Phi) is 5.33. The van der Waals surface area contributed by atoms with Gasteiger partial charge in [-0.3, -0.25) is 9.36 Å². The lowest BCUT2D eigenvalue weighted by Gasteiger charge is -2.00. The Labute approximate surface area is 136 Å². The van der Waals surface area contributed by atoms with E-state index in [9.17, 15) is 14.9 Å². The van der Waals surface area contributed by atoms with E-state index >= 15 is 0 Å². The smallest absolute Gasteiger partial charge is 0.352 e. The molecule has 7 heteroatoms. The monoisotopic (exact) mass is 329 g/mol. The Hall–Kier alpha value is -2.85. The first-order valence-electron chi connectivity index (χ1n) is 6.89. The number of ether oxygens (including phenoxy) is 1. The third kappa shape index (κ3) is 3.49. The predicted octanol–water partition coefficient (Wildman–Crippen LogP) is 0.490. The molecule has 0 radical (unpaired) electrons. The number of nitrogens with one attached hydrogen (secondary N) is 1. The van der Waals surface area contributed by atoms with Crippen molar-refractivity contribution in [2.75, 3.05) is 6.61 Å². The van der Waals surface area contributed by atoms with Crippen LogP contribution in [0.5, 0.6) is 0 Å². The lowest BCUT2D eigenvalue weighted by atomic mass is 10.3. The second kappa shape index (κ2) is 7.42. The average Bonchev–Trinajstić information content (AvgIpc) is 3.15. The topological polar surface area (TPSA) is 87.9 Å². The molecule has 2 aromatic heterocycles. The summed E-state index contributed by atoms with van der Waals surface area (Å²) in [6.45, 7) is 5.59. The summed E-state index contributed by atoms with van der Waals surface area (Å²) in [5, 5.41) is 9.29. The Balaban J connectivity index is 2.69. The Morgan fingerprint density at radius 1 is 1.61 bits per heavy atom. The zero-order valence-corrected chi connectivity index (χ0v) is 13.4. The van der Waals surface area contributed by atoms with Crippen molar-refractivity contribution in [1.29, 1.82) is 5.26 Å². The lowest BCUT2D eigenvalue weighted by Crippen LogP contribution is -2.32. The Bertz CT molecular complexity index is 927. The molecule has 0 fully saturated rings. The van der Waals surface area contributed by atoms with E-state index in [1.807, 2.05) is 18.2 Å². The van der Waals surface area contributed by atoms with Crippen molar-refractivity contribution in [1.82, 2.24) is 9.55 Å². The van der Waals surface area contributed by atoms with E-state index in [2.05, 4.69) is 11.6 Å². The van der Waals surface area contributed by atoms with Crippen LogP contribution in [0.25, 0.3) is 11.6 Å². The van der Waals surface area contributed by atoms with E-state index in [1.54, 1.807) is 19.2 Å². The zero-order chi connectivity index (χ0) is 16.8. The molecule has 118 valence electrons. The normalized spacial score (nSPS) is 12.6. The minimum absolute atomic E-state index is 0.00715. The molecular weight excluding hydrogens is 314 g/mol. The Morgan fingerprint density at radius 2 is 2.39 bits per heavy atom. The number of hydrogen-bond donors (Lipinski definition) is 1. The maximum atomic E-state index is 12.4. The maximum Gasteiger partial charge on any atom is 0.352 e. The minimum Gasteiger partial charge on any atom is -0.457 e. The molecule has 23 heavy (non-hydrogen) atoms. The van der Waals surface area contributed by atoms with E-state index in [-0.39, 0.29) is 17.7 Å². The van der Waals surface area contributed by atoms with Crippen LogP contribution in [-0.2, 0) is 16.1 Å². The highest BCUT2D eigenvalue weighted by Gasteiger charge is 2.16. The molecule has 0 aliphatic heterocycles. The van der Waals surface area contributed by atoms with Gasteiger partial charge in [0, 0.05) is 18.4 Å². The number of nitriles is 1. The Morgan fingerprint density at radius 3 is 2.96 bits per heavy atom. The van der Waals surface area contributed by atoms with Crippen molar-refractivity contribution in [3.8, 4) is 6.07 Å². The lowest BCUT2D eigenvalue weighted by molar-refractivity contribution is -0.135. The van der Waals surface area contributed by atoms with Crippen molar-refractivity contribution in [2.45, 2.75) is 13.5 Å². The predicted molar refractivity (Wildman–Crippen MR) is 88.0 cm³/mol. The summed E-state index contributed by atoms with van der Waals surface area (Å²) in [4.78, 5) is 27.4. The molecule has 0 bridgehead atoms. The SMILES string of the molecule is C=CCOC(=O)/C(C#N)=c1\sc(=Cc2ccc[nH]2)c(=O)n1CC. The van der Waals surface area contributed by atoms with Gasteiger partial charge in [0.25, 0.3) is 5.56 Å². The van der Waals surface area contributed by atoms with Gasteiger partial charge in [-0.25, -0.2) is 4.79 Å². The standard InChI is InChI=1S/C16H15N3O3S/c1-3-8-22-16(21)12(10-17)15-19(4-2)14(20)13(23-15)9-11-6-5-7-18-11/h3,5-7,9,18H,1,4,8H2,2H3/b13-9?,15-12-. The van der Waals surface area contributed by atoms with E-state index in [0.29, 0.717) is 15.7 Å². The molecule has 0 saturated heterocycles. The van der Waals surface area contributed by atoms with Gasteiger partial charge in [-0.15, -0.1) is 11.3 Å². The highest BCUT2D eigenvalue weighted by atomic mass is 32.1. The average molecular weight is 329 g/mol. The van der Waals surface area contributed by atoms with Crippen LogP contribution in [0.3, 0.4) is 0 Å². The number of thiazole rings is 1. The highest BCUT2D eigenvalue weighted by Crippen LogP contribution is 1.98. The minimum atomic E-state index is -0.762. The van der Waals surface area contributed by atoms with Gasteiger partial charge in [0.2, 0.25) is 0 Å². The second-order valence-electron chi connectivity index (χ2n) is 4.46. The molecule has 0 spiro atoms. The van der Waals surface area contributed by atoms with Gasteiger partial charge in [-0.1, -0.05) is 12.7 Å². The molecule has 0 unspecified atom stereocenters. The van der Waals surface area contributed by atoms with Gasteiger partial charge in [0.05, 0.1) is 4.53 Å². The van der Waals surface area contributed by atoms with Gasteiger partial charge in [-0.2, -0.15) is 5.26 Å². The summed E-state index contributed by atoms with van der Waals surface area (Å²) in [7, 11) is 0. The van der Waals surface area contributed by atoms with Crippen LogP contribution in [0.2, 0.25) is 0 Å². The number of H-pyrrole nitrogens is 1. The van der Waals surface area contributed by atoms with Crippen molar-refractivity contribution in [3.05, 3.63) is 56.2 Å². The number of esters is 1. The van der Waals surface area contributed by atoms with Crippen LogP contribution in [0.4, 0.5) is 0 Å². The fourth-order valence-electron chi connectivity index (χ4n) is 1.96. The van der Waals surface area contributed by atoms with E-state index in [1.165, 1.54) is 10.6 Å². The summed E-state index contributed by atoms with van der Waals surface area (Å²) >= 11 is 1.09. The van der Waals surface area contributed by atoms with Gasteiger partial charge in [0.15, 0.2) is 5.57 Å². The van der Waals surface area contributed by atoms with E-state index in [0.717, 1.165) is 17.0 Å². The van der Waals surface area contributed by atoms with Gasteiger partial charge in [0.1, 0.15) is 17.3 Å². The van der Waals surface area contributed by atoms with Gasteiger partial charge >= 0.3 is 5.97 Å². The van der Waals surface area contributed by atoms with Crippen LogP contribution >= 0.6 is 11.3 Å². The number of nitrogens with zero attached hydrogens (tertiary/aromatic N) is 2. The zero-order valence-electron chi connectivity index (χ0n) is 12.5. The number of carbonyl (C=O) groups is 1. The van der Waals surface area contributed by atoms with Crippen LogP contribution in [0, 0.1) is 11.3 Å². The summed E-state index contributed by atoms with van der Waals surface area (Å²) in [6.07, 6.45) is 4.85. The molecule has 2 aromatic rings. The van der Waals surface area contributed by atoms with Crippen molar-refractivity contribution >= 4 is 29.0 Å². The van der Waals surface area contributed by atoms with Crippen molar-refractivity contribution < 1.29 is 9.53 Å². The maximum absolute atomic E-state index is 12.4. The molecule has 0 aromatic carbocycles. The van der Waals surface area contributed by atoms with Crippen LogP contribution in [0.1, 0.15) is 12.6 Å². The van der Waals surface area contributed by atoms with Gasteiger partial charge < -0.3 is 9.72 Å². The quantitative estimate of drug-likeness (QED) is 0.639. The summed E-state index contributed by atoms with van der Waals surface area (Å²) in [5.74, 6) is -0.762. The summed E-state index contributed by atoms with van der Waals surface area (Å²) < 4.78 is 7.04.